The van der Waals surface area contributed by atoms with Crippen LogP contribution in [0.1, 0.15) is 45.2 Å². The molecule has 0 saturated carbocycles. The highest BCUT2D eigenvalue weighted by atomic mass is 15.1. The van der Waals surface area contributed by atoms with Gasteiger partial charge in [0.25, 0.3) is 0 Å². The van der Waals surface area contributed by atoms with Gasteiger partial charge in [-0.3, -0.25) is 0 Å². The lowest BCUT2D eigenvalue weighted by molar-refractivity contribution is 0.285. The third-order valence-corrected chi connectivity index (χ3v) is 4.41. The van der Waals surface area contributed by atoms with E-state index in [0.29, 0.717) is 11.5 Å². The fourth-order valence-electron chi connectivity index (χ4n) is 2.53. The molecule has 106 valence electrons. The fraction of sp³-hybridized carbons (Fsp3) is 0.647. The molecule has 2 nitrogen and oxygen atoms in total. The minimum Gasteiger partial charge on any atom is -0.374 e. The fourth-order valence-corrected chi connectivity index (χ4v) is 2.53. The van der Waals surface area contributed by atoms with Crippen LogP contribution in [0.5, 0.6) is 0 Å². The lowest BCUT2D eigenvalue weighted by atomic mass is 9.88. The number of anilines is 1. The van der Waals surface area contributed by atoms with E-state index in [1.807, 2.05) is 0 Å². The number of hydrogen-bond donors (Lipinski definition) is 1. The molecular formula is C17H28N2. The Labute approximate surface area is 118 Å². The van der Waals surface area contributed by atoms with Crippen molar-refractivity contribution in [2.24, 2.45) is 5.41 Å². The monoisotopic (exact) mass is 260 g/mol. The first-order chi connectivity index (χ1) is 8.88. The topological polar surface area (TPSA) is 15.3 Å². The van der Waals surface area contributed by atoms with Gasteiger partial charge in [0, 0.05) is 31.9 Å². The molecule has 1 aromatic carbocycles. The molecular weight excluding hydrogens is 232 g/mol. The average Bonchev–Trinajstić information content (AvgIpc) is 2.35. The Hall–Kier alpha value is -1.02. The second-order valence-corrected chi connectivity index (χ2v) is 6.96. The number of benzene rings is 1. The molecule has 1 heterocycles. The molecule has 1 N–H and O–H groups in total. The maximum absolute atomic E-state index is 3.64. The van der Waals surface area contributed by atoms with Gasteiger partial charge in [-0.2, -0.15) is 0 Å². The number of nitrogens with one attached hydrogen (secondary N) is 1. The number of hydrogen-bond acceptors (Lipinski definition) is 2. The van der Waals surface area contributed by atoms with Gasteiger partial charge >= 0.3 is 0 Å². The summed E-state index contributed by atoms with van der Waals surface area (Å²) in [4.78, 5) is 2.37. The van der Waals surface area contributed by atoms with E-state index >= 15 is 0 Å². The minimum atomic E-state index is 0.314. The number of rotatable bonds is 3. The Morgan fingerprint density at radius 3 is 2.74 bits per heavy atom. The summed E-state index contributed by atoms with van der Waals surface area (Å²) in [6, 6.07) is 7.45. The molecule has 0 aliphatic carbocycles. The lowest BCUT2D eigenvalue weighted by Gasteiger charge is -2.29. The van der Waals surface area contributed by atoms with Gasteiger partial charge in [0.05, 0.1) is 0 Å². The predicted octanol–water partition coefficient (Wildman–Crippen LogP) is 3.59. The van der Waals surface area contributed by atoms with E-state index in [9.17, 15) is 0 Å². The van der Waals surface area contributed by atoms with Crippen LogP contribution in [0.4, 0.5) is 5.69 Å². The van der Waals surface area contributed by atoms with E-state index in [0.717, 1.165) is 6.54 Å². The third-order valence-electron chi connectivity index (χ3n) is 4.41. The van der Waals surface area contributed by atoms with Crippen LogP contribution in [-0.4, -0.2) is 19.6 Å². The summed E-state index contributed by atoms with van der Waals surface area (Å²) in [6.07, 6.45) is 2.50. The number of nitrogens with zero attached hydrogens (tertiary/aromatic N) is 1. The minimum absolute atomic E-state index is 0.314. The Morgan fingerprint density at radius 2 is 2.05 bits per heavy atom. The summed E-state index contributed by atoms with van der Waals surface area (Å²) in [5.74, 6) is 0. The number of fused-ring (bicyclic) bond motifs is 1. The summed E-state index contributed by atoms with van der Waals surface area (Å²) in [5, 5.41) is 3.64. The van der Waals surface area contributed by atoms with Crippen molar-refractivity contribution in [2.75, 3.05) is 18.5 Å². The molecule has 0 saturated heterocycles. The summed E-state index contributed by atoms with van der Waals surface area (Å²) in [5.41, 5.74) is 4.65. The third kappa shape index (κ3) is 3.50. The molecule has 1 unspecified atom stereocenters. The van der Waals surface area contributed by atoms with Crippen LogP contribution in [-0.2, 0) is 13.0 Å². The highest BCUT2D eigenvalue weighted by Crippen LogP contribution is 2.27. The Morgan fingerprint density at radius 1 is 1.32 bits per heavy atom. The molecule has 0 bridgehead atoms. The zero-order valence-electron chi connectivity index (χ0n) is 13.1. The Balaban J connectivity index is 2.03. The molecule has 1 aromatic rings. The largest absolute Gasteiger partial charge is 0.374 e. The zero-order valence-corrected chi connectivity index (χ0v) is 13.1. The van der Waals surface area contributed by atoms with Crippen molar-refractivity contribution in [3.05, 3.63) is 29.3 Å². The first kappa shape index (κ1) is 14.4. The lowest BCUT2D eigenvalue weighted by Crippen LogP contribution is -2.37. The second-order valence-electron chi connectivity index (χ2n) is 6.96. The molecule has 0 fully saturated rings. The molecule has 19 heavy (non-hydrogen) atoms. The SMILES string of the molecule is CC(NCc1ccc2c(c1)CCCN2C)C(C)(C)C. The first-order valence-corrected chi connectivity index (χ1v) is 7.44. The van der Waals surface area contributed by atoms with Gasteiger partial charge in [0.1, 0.15) is 0 Å². The molecule has 1 atom stereocenters. The van der Waals surface area contributed by atoms with Gasteiger partial charge in [0.15, 0.2) is 0 Å². The van der Waals surface area contributed by atoms with Gasteiger partial charge < -0.3 is 10.2 Å². The standard InChI is InChI=1S/C17H28N2/c1-13(17(2,3)4)18-12-14-8-9-16-15(11-14)7-6-10-19(16)5/h8-9,11,13,18H,6-7,10,12H2,1-5H3. The molecule has 0 aromatic heterocycles. The van der Waals surface area contributed by atoms with Crippen molar-refractivity contribution in [3.8, 4) is 0 Å². The summed E-state index contributed by atoms with van der Waals surface area (Å²) < 4.78 is 0. The van der Waals surface area contributed by atoms with Crippen molar-refractivity contribution in [2.45, 2.75) is 53.1 Å². The molecule has 1 aliphatic rings. The van der Waals surface area contributed by atoms with Crippen molar-refractivity contribution in [1.29, 1.82) is 0 Å². The molecule has 0 amide bonds. The van der Waals surface area contributed by atoms with Crippen LogP contribution < -0.4 is 10.2 Å². The first-order valence-electron chi connectivity index (χ1n) is 7.44. The van der Waals surface area contributed by atoms with Gasteiger partial charge in [-0.25, -0.2) is 0 Å². The molecule has 2 heteroatoms. The molecule has 2 rings (SSSR count). The summed E-state index contributed by atoms with van der Waals surface area (Å²) in [7, 11) is 2.19. The highest BCUT2D eigenvalue weighted by molar-refractivity contribution is 5.56. The van der Waals surface area contributed by atoms with Gasteiger partial charge in [0.2, 0.25) is 0 Å². The predicted molar refractivity (Wildman–Crippen MR) is 83.8 cm³/mol. The second kappa shape index (κ2) is 5.54. The Kier molecular flexibility index (Phi) is 4.19. The van der Waals surface area contributed by atoms with Crippen molar-refractivity contribution < 1.29 is 0 Å². The van der Waals surface area contributed by atoms with Crippen LogP contribution in [0.25, 0.3) is 0 Å². The van der Waals surface area contributed by atoms with E-state index < -0.39 is 0 Å². The smallest absolute Gasteiger partial charge is 0.0396 e. The van der Waals surface area contributed by atoms with Gasteiger partial charge in [-0.1, -0.05) is 32.9 Å². The normalized spacial score (nSPS) is 17.2. The van der Waals surface area contributed by atoms with Crippen LogP contribution >= 0.6 is 0 Å². The van der Waals surface area contributed by atoms with Crippen molar-refractivity contribution in [3.63, 3.8) is 0 Å². The van der Waals surface area contributed by atoms with E-state index in [2.05, 4.69) is 63.2 Å². The van der Waals surface area contributed by atoms with Crippen LogP contribution in [0, 0.1) is 5.41 Å². The molecule has 0 radical (unpaired) electrons. The van der Waals surface area contributed by atoms with E-state index in [4.69, 9.17) is 0 Å². The summed E-state index contributed by atoms with van der Waals surface area (Å²) >= 11 is 0. The van der Waals surface area contributed by atoms with E-state index in [1.54, 1.807) is 0 Å². The summed E-state index contributed by atoms with van der Waals surface area (Å²) in [6.45, 7) is 11.3. The maximum atomic E-state index is 3.64. The van der Waals surface area contributed by atoms with Gasteiger partial charge in [-0.15, -0.1) is 0 Å². The Bertz CT molecular complexity index is 431. The van der Waals surface area contributed by atoms with Crippen molar-refractivity contribution in [1.82, 2.24) is 5.32 Å². The average molecular weight is 260 g/mol. The molecule has 1 aliphatic heterocycles. The van der Waals surface area contributed by atoms with Crippen LogP contribution in [0.15, 0.2) is 18.2 Å². The van der Waals surface area contributed by atoms with Crippen LogP contribution in [0.3, 0.4) is 0 Å². The maximum Gasteiger partial charge on any atom is 0.0396 e. The van der Waals surface area contributed by atoms with Crippen molar-refractivity contribution >= 4 is 5.69 Å². The molecule has 0 spiro atoms. The quantitative estimate of drug-likeness (QED) is 0.893. The van der Waals surface area contributed by atoms with Crippen LogP contribution in [0.2, 0.25) is 0 Å². The van der Waals surface area contributed by atoms with E-state index in [1.165, 1.54) is 36.2 Å². The highest BCUT2D eigenvalue weighted by Gasteiger charge is 2.19. The van der Waals surface area contributed by atoms with Gasteiger partial charge in [-0.05, 0) is 42.4 Å². The van der Waals surface area contributed by atoms with E-state index in [-0.39, 0.29) is 0 Å². The number of aryl methyl sites for hydroxylation is 1. The zero-order chi connectivity index (χ0) is 14.0.